The first-order chi connectivity index (χ1) is 12.8. The highest BCUT2D eigenvalue weighted by Gasteiger charge is 2.24. The van der Waals surface area contributed by atoms with E-state index >= 15 is 0 Å². The molecule has 128 valence electrons. The summed E-state index contributed by atoms with van der Waals surface area (Å²) in [5.74, 6) is 1.15. The molecule has 6 nitrogen and oxygen atoms in total. The lowest BCUT2D eigenvalue weighted by atomic mass is 10.0. The van der Waals surface area contributed by atoms with E-state index in [4.69, 9.17) is 4.74 Å². The number of amides is 1. The van der Waals surface area contributed by atoms with E-state index in [1.165, 1.54) is 6.33 Å². The Morgan fingerprint density at radius 3 is 2.92 bits per heavy atom. The van der Waals surface area contributed by atoms with Gasteiger partial charge in [-0.3, -0.25) is 4.79 Å². The number of benzene rings is 2. The Morgan fingerprint density at radius 1 is 1.12 bits per heavy atom. The van der Waals surface area contributed by atoms with Crippen LogP contribution >= 0.6 is 0 Å². The Labute approximate surface area is 149 Å². The highest BCUT2D eigenvalue weighted by atomic mass is 16.5. The maximum atomic E-state index is 12.4. The van der Waals surface area contributed by atoms with Gasteiger partial charge in [-0.15, -0.1) is 0 Å². The van der Waals surface area contributed by atoms with Gasteiger partial charge in [0.2, 0.25) is 5.88 Å². The van der Waals surface area contributed by atoms with Crippen molar-refractivity contribution in [2.45, 2.75) is 18.9 Å². The van der Waals surface area contributed by atoms with Crippen LogP contribution in [0.15, 0.2) is 55.0 Å². The van der Waals surface area contributed by atoms with E-state index in [-0.39, 0.29) is 5.91 Å². The first-order valence-electron chi connectivity index (χ1n) is 8.57. The minimum Gasteiger partial charge on any atom is -0.438 e. The van der Waals surface area contributed by atoms with Crippen molar-refractivity contribution in [3.63, 3.8) is 0 Å². The first kappa shape index (κ1) is 14.9. The third-order valence-electron chi connectivity index (χ3n) is 4.54. The van der Waals surface area contributed by atoms with Gasteiger partial charge in [0.1, 0.15) is 17.7 Å². The molecule has 0 spiro atoms. The van der Waals surface area contributed by atoms with Crippen molar-refractivity contribution in [2.24, 2.45) is 0 Å². The van der Waals surface area contributed by atoms with Crippen LogP contribution in [0.5, 0.6) is 11.6 Å². The van der Waals surface area contributed by atoms with Crippen molar-refractivity contribution < 1.29 is 9.53 Å². The number of rotatable bonds is 4. The number of aromatic amines is 1. The number of H-pyrrole nitrogens is 1. The molecule has 0 atom stereocenters. The van der Waals surface area contributed by atoms with E-state index in [9.17, 15) is 4.79 Å². The van der Waals surface area contributed by atoms with Crippen molar-refractivity contribution in [3.8, 4) is 11.6 Å². The van der Waals surface area contributed by atoms with E-state index in [1.54, 1.807) is 6.20 Å². The molecule has 6 heteroatoms. The Kier molecular flexibility index (Phi) is 3.35. The Bertz CT molecular complexity index is 1130. The fourth-order valence-corrected chi connectivity index (χ4v) is 3.06. The molecule has 1 aliphatic carbocycles. The Hall–Kier alpha value is -3.41. The number of fused-ring (bicyclic) bond motifs is 2. The number of ether oxygens (including phenoxy) is 1. The zero-order chi connectivity index (χ0) is 17.5. The van der Waals surface area contributed by atoms with Gasteiger partial charge >= 0.3 is 0 Å². The molecular weight excluding hydrogens is 328 g/mol. The number of aromatic nitrogens is 3. The highest BCUT2D eigenvalue weighted by Crippen LogP contribution is 2.30. The molecule has 1 fully saturated rings. The van der Waals surface area contributed by atoms with Gasteiger partial charge in [0, 0.05) is 17.8 Å². The van der Waals surface area contributed by atoms with Crippen LogP contribution in [-0.4, -0.2) is 26.9 Å². The molecule has 26 heavy (non-hydrogen) atoms. The van der Waals surface area contributed by atoms with Crippen LogP contribution in [0.1, 0.15) is 23.2 Å². The van der Waals surface area contributed by atoms with E-state index in [0.29, 0.717) is 23.2 Å². The third-order valence-corrected chi connectivity index (χ3v) is 4.54. The van der Waals surface area contributed by atoms with E-state index in [0.717, 1.165) is 34.6 Å². The summed E-state index contributed by atoms with van der Waals surface area (Å²) in [7, 11) is 0. The lowest BCUT2D eigenvalue weighted by molar-refractivity contribution is 0.0952. The van der Waals surface area contributed by atoms with Gasteiger partial charge in [0.05, 0.1) is 5.39 Å². The zero-order valence-electron chi connectivity index (χ0n) is 13.9. The second-order valence-corrected chi connectivity index (χ2v) is 6.46. The van der Waals surface area contributed by atoms with Crippen LogP contribution in [0.3, 0.4) is 0 Å². The minimum atomic E-state index is -0.0170. The van der Waals surface area contributed by atoms with Crippen molar-refractivity contribution >= 4 is 27.7 Å². The Balaban J connectivity index is 1.50. The SMILES string of the molecule is O=C(NC1CC1)c1cccc2cc(Oc3ncnc4[nH]ccc34)ccc12. The van der Waals surface area contributed by atoms with Gasteiger partial charge in [-0.25, -0.2) is 9.97 Å². The second kappa shape index (κ2) is 5.84. The molecular formula is C20H16N4O2. The second-order valence-electron chi connectivity index (χ2n) is 6.46. The predicted molar refractivity (Wildman–Crippen MR) is 98.4 cm³/mol. The molecule has 1 saturated carbocycles. The molecule has 1 amide bonds. The van der Waals surface area contributed by atoms with Crippen LogP contribution in [0, 0.1) is 0 Å². The zero-order valence-corrected chi connectivity index (χ0v) is 13.9. The summed E-state index contributed by atoms with van der Waals surface area (Å²) >= 11 is 0. The van der Waals surface area contributed by atoms with Crippen LogP contribution in [0.25, 0.3) is 21.8 Å². The molecule has 1 aliphatic rings. The van der Waals surface area contributed by atoms with E-state index in [1.807, 2.05) is 42.5 Å². The normalized spacial score (nSPS) is 13.8. The predicted octanol–water partition coefficient (Wildman–Crippen LogP) is 3.80. The maximum absolute atomic E-state index is 12.4. The lowest BCUT2D eigenvalue weighted by Crippen LogP contribution is -2.25. The summed E-state index contributed by atoms with van der Waals surface area (Å²) in [6, 6.07) is 13.6. The van der Waals surface area contributed by atoms with Crippen LogP contribution in [-0.2, 0) is 0 Å². The smallest absolute Gasteiger partial charge is 0.252 e. The summed E-state index contributed by atoms with van der Waals surface area (Å²) in [6.07, 6.45) is 5.41. The number of carbonyl (C=O) groups is 1. The number of hydrogen-bond acceptors (Lipinski definition) is 4. The van der Waals surface area contributed by atoms with Crippen LogP contribution in [0.4, 0.5) is 0 Å². The summed E-state index contributed by atoms with van der Waals surface area (Å²) < 4.78 is 5.96. The average molecular weight is 344 g/mol. The topological polar surface area (TPSA) is 79.9 Å². The van der Waals surface area contributed by atoms with Crippen molar-refractivity contribution in [2.75, 3.05) is 0 Å². The molecule has 2 N–H and O–H groups in total. The Morgan fingerprint density at radius 2 is 2.04 bits per heavy atom. The fourth-order valence-electron chi connectivity index (χ4n) is 3.06. The third kappa shape index (κ3) is 2.65. The van der Waals surface area contributed by atoms with Crippen molar-refractivity contribution in [1.29, 1.82) is 0 Å². The van der Waals surface area contributed by atoms with Crippen LogP contribution < -0.4 is 10.1 Å². The number of carbonyl (C=O) groups excluding carboxylic acids is 1. The number of nitrogens with one attached hydrogen (secondary N) is 2. The molecule has 0 bridgehead atoms. The van der Waals surface area contributed by atoms with Gasteiger partial charge in [-0.1, -0.05) is 12.1 Å². The maximum Gasteiger partial charge on any atom is 0.252 e. The quantitative estimate of drug-likeness (QED) is 0.590. The number of nitrogens with zero attached hydrogens (tertiary/aromatic N) is 2. The molecule has 0 radical (unpaired) electrons. The first-order valence-corrected chi connectivity index (χ1v) is 8.57. The van der Waals surface area contributed by atoms with Gasteiger partial charge in [0.15, 0.2) is 0 Å². The summed E-state index contributed by atoms with van der Waals surface area (Å²) in [5, 5.41) is 5.73. The summed E-state index contributed by atoms with van der Waals surface area (Å²) in [6.45, 7) is 0. The van der Waals surface area contributed by atoms with Gasteiger partial charge in [-0.05, 0) is 53.9 Å². The largest absolute Gasteiger partial charge is 0.438 e. The average Bonchev–Trinajstić information content (AvgIpc) is 3.33. The molecule has 0 aliphatic heterocycles. The van der Waals surface area contributed by atoms with Crippen molar-refractivity contribution in [3.05, 3.63) is 60.6 Å². The monoisotopic (exact) mass is 344 g/mol. The molecule has 0 unspecified atom stereocenters. The standard InChI is InChI=1S/C20H16N4O2/c25-19(24-13-4-5-13)16-3-1-2-12-10-14(6-7-15(12)16)26-20-17-8-9-21-18(17)22-11-23-20/h1-3,6-11,13H,4-5H2,(H,24,25)(H,21,22,23). The van der Waals surface area contributed by atoms with Crippen LogP contribution in [0.2, 0.25) is 0 Å². The van der Waals surface area contributed by atoms with E-state index in [2.05, 4.69) is 20.3 Å². The molecule has 2 aromatic carbocycles. The molecule has 2 heterocycles. The molecule has 0 saturated heterocycles. The molecule has 5 rings (SSSR count). The lowest BCUT2D eigenvalue weighted by Gasteiger charge is -2.10. The van der Waals surface area contributed by atoms with Gasteiger partial charge in [-0.2, -0.15) is 0 Å². The molecule has 2 aromatic heterocycles. The number of hydrogen-bond donors (Lipinski definition) is 2. The van der Waals surface area contributed by atoms with Crippen molar-refractivity contribution in [1.82, 2.24) is 20.3 Å². The highest BCUT2D eigenvalue weighted by molar-refractivity contribution is 6.07. The molecule has 4 aromatic rings. The summed E-state index contributed by atoms with van der Waals surface area (Å²) in [4.78, 5) is 23.9. The van der Waals surface area contributed by atoms with Gasteiger partial charge < -0.3 is 15.0 Å². The van der Waals surface area contributed by atoms with Gasteiger partial charge in [0.25, 0.3) is 5.91 Å². The summed E-state index contributed by atoms with van der Waals surface area (Å²) in [5.41, 5.74) is 1.42. The van der Waals surface area contributed by atoms with E-state index < -0.39 is 0 Å². The minimum absolute atomic E-state index is 0.0170. The fraction of sp³-hybridized carbons (Fsp3) is 0.150.